The molecule has 0 aliphatic carbocycles. The van der Waals surface area contributed by atoms with Crippen LogP contribution < -0.4 is 0 Å². The molecule has 0 amide bonds. The van der Waals surface area contributed by atoms with Crippen LogP contribution in [0.25, 0.3) is 0 Å². The summed E-state index contributed by atoms with van der Waals surface area (Å²) in [6, 6.07) is 0. The summed E-state index contributed by atoms with van der Waals surface area (Å²) in [4.78, 5) is 4.60. The van der Waals surface area contributed by atoms with Crippen LogP contribution in [-0.4, -0.2) is 37.5 Å². The van der Waals surface area contributed by atoms with Crippen molar-refractivity contribution in [1.82, 2.24) is 0 Å². The van der Waals surface area contributed by atoms with Gasteiger partial charge in [-0.2, -0.15) is 10.6 Å². The summed E-state index contributed by atoms with van der Waals surface area (Å²) in [5, 5.41) is 0. The van der Waals surface area contributed by atoms with E-state index in [1.807, 2.05) is 0 Å². The monoisotopic (exact) mass is 277 g/mol. The van der Waals surface area contributed by atoms with E-state index in [-0.39, 0.29) is 6.10 Å². The molecule has 0 fully saturated rings. The van der Waals surface area contributed by atoms with Crippen LogP contribution in [0.4, 0.5) is 0 Å². The third-order valence-corrected chi connectivity index (χ3v) is 5.03. The highest BCUT2D eigenvalue weighted by Gasteiger charge is 2.15. The van der Waals surface area contributed by atoms with Crippen LogP contribution in [0.5, 0.6) is 0 Å². The van der Waals surface area contributed by atoms with Gasteiger partial charge in [0.1, 0.15) is 0 Å². The maximum absolute atomic E-state index is 5.87. The van der Waals surface area contributed by atoms with E-state index in [4.69, 9.17) is 8.37 Å². The van der Waals surface area contributed by atoms with E-state index in [1.165, 1.54) is 5.71 Å². The number of hydrogen-bond acceptors (Lipinski definition) is 3. The van der Waals surface area contributed by atoms with Gasteiger partial charge < -0.3 is 0 Å². The van der Waals surface area contributed by atoms with Crippen molar-refractivity contribution in [2.45, 2.75) is 53.6 Å². The van der Waals surface area contributed by atoms with Gasteiger partial charge in [0.05, 0.1) is 13.2 Å². The molecule has 0 saturated carbocycles. The fourth-order valence-electron chi connectivity index (χ4n) is 1.83. The van der Waals surface area contributed by atoms with E-state index >= 15 is 0 Å². The molecule has 0 spiro atoms. The van der Waals surface area contributed by atoms with Crippen molar-refractivity contribution in [3.63, 3.8) is 0 Å². The van der Waals surface area contributed by atoms with Crippen LogP contribution in [0.2, 0.25) is 0 Å². The molecule has 1 atom stereocenters. The molecule has 18 heavy (non-hydrogen) atoms. The molecule has 4 heteroatoms. The topological polar surface area (TPSA) is 30.8 Å². The second-order valence-corrected chi connectivity index (χ2v) is 8.30. The van der Waals surface area contributed by atoms with E-state index in [2.05, 4.69) is 45.9 Å². The van der Waals surface area contributed by atoms with Gasteiger partial charge in [-0.05, 0) is 39.5 Å². The van der Waals surface area contributed by atoms with Gasteiger partial charge in [-0.15, -0.1) is 0 Å². The fraction of sp³-hybridized carbons (Fsp3) is 0.929. The predicted molar refractivity (Wildman–Crippen MR) is 83.7 cm³/mol. The second-order valence-electron chi connectivity index (χ2n) is 5.51. The molecular formula is C14H31NO2S. The Kier molecular flexibility index (Phi) is 8.91. The average molecular weight is 277 g/mol. The molecule has 0 aromatic rings. The standard InChI is InChI=1S/C14H31NO2S/c1-12(2)11-14(5)15-9-8-10-18(7,16-6)17-13(3)4/h12-13H,8-11H2,1-7H3. The lowest BCUT2D eigenvalue weighted by Crippen LogP contribution is -2.15. The molecule has 0 saturated heterocycles. The Hall–Kier alpha value is -0.0600. The van der Waals surface area contributed by atoms with E-state index in [0.29, 0.717) is 5.92 Å². The van der Waals surface area contributed by atoms with Gasteiger partial charge >= 0.3 is 0 Å². The van der Waals surface area contributed by atoms with Crippen molar-refractivity contribution >= 4 is 16.3 Å². The Labute approximate surface area is 115 Å². The van der Waals surface area contributed by atoms with Gasteiger partial charge in [0.2, 0.25) is 0 Å². The lowest BCUT2D eigenvalue weighted by atomic mass is 10.1. The Balaban J connectivity index is 4.01. The zero-order chi connectivity index (χ0) is 14.2. The van der Waals surface area contributed by atoms with Gasteiger partial charge in [0, 0.05) is 24.3 Å². The van der Waals surface area contributed by atoms with Crippen molar-refractivity contribution in [2.75, 3.05) is 25.7 Å². The van der Waals surface area contributed by atoms with Crippen molar-refractivity contribution < 1.29 is 8.37 Å². The molecular weight excluding hydrogens is 246 g/mol. The van der Waals surface area contributed by atoms with Crippen LogP contribution >= 0.6 is 10.6 Å². The Bertz CT molecular complexity index is 254. The molecule has 0 aromatic carbocycles. The Morgan fingerprint density at radius 1 is 1.22 bits per heavy atom. The molecule has 0 aromatic heterocycles. The summed E-state index contributed by atoms with van der Waals surface area (Å²) in [5.41, 5.74) is 1.25. The number of aliphatic imine (C=N–C) groups is 1. The van der Waals surface area contributed by atoms with Crippen LogP contribution in [-0.2, 0) is 8.37 Å². The van der Waals surface area contributed by atoms with E-state index in [1.54, 1.807) is 7.11 Å². The SMILES string of the molecule is COS(C)(CCCN=C(C)CC(C)C)OC(C)C. The predicted octanol–water partition coefficient (Wildman–Crippen LogP) is 4.22. The van der Waals surface area contributed by atoms with Gasteiger partial charge in [0.25, 0.3) is 0 Å². The van der Waals surface area contributed by atoms with Crippen LogP contribution in [0.15, 0.2) is 4.99 Å². The quantitative estimate of drug-likeness (QED) is 0.467. The highest BCUT2D eigenvalue weighted by Crippen LogP contribution is 2.47. The average Bonchev–Trinajstić information content (AvgIpc) is 2.22. The number of rotatable bonds is 9. The molecule has 110 valence electrons. The van der Waals surface area contributed by atoms with Crippen molar-refractivity contribution in [1.29, 1.82) is 0 Å². The smallest absolute Gasteiger partial charge is 0.0765 e. The zero-order valence-electron chi connectivity index (χ0n) is 13.2. The van der Waals surface area contributed by atoms with E-state index in [0.717, 1.165) is 25.1 Å². The maximum atomic E-state index is 5.87. The van der Waals surface area contributed by atoms with Gasteiger partial charge in [-0.1, -0.05) is 13.8 Å². The fourth-order valence-corrected chi connectivity index (χ4v) is 3.64. The van der Waals surface area contributed by atoms with Gasteiger partial charge in [-0.25, -0.2) is 0 Å². The van der Waals surface area contributed by atoms with Gasteiger partial charge in [-0.3, -0.25) is 13.4 Å². The van der Waals surface area contributed by atoms with Crippen LogP contribution in [0, 0.1) is 5.92 Å². The van der Waals surface area contributed by atoms with Crippen LogP contribution in [0.1, 0.15) is 47.5 Å². The molecule has 0 bridgehead atoms. The van der Waals surface area contributed by atoms with Gasteiger partial charge in [0.15, 0.2) is 0 Å². The summed E-state index contributed by atoms with van der Waals surface area (Å²) in [5.74, 6) is 1.65. The highest BCUT2D eigenvalue weighted by molar-refractivity contribution is 8.25. The number of nitrogens with zero attached hydrogens (tertiary/aromatic N) is 1. The summed E-state index contributed by atoms with van der Waals surface area (Å²) in [6.07, 6.45) is 4.42. The summed E-state index contributed by atoms with van der Waals surface area (Å²) >= 11 is 0. The van der Waals surface area contributed by atoms with Crippen molar-refractivity contribution in [2.24, 2.45) is 10.9 Å². The first-order valence-corrected chi connectivity index (χ1v) is 8.85. The first-order valence-electron chi connectivity index (χ1n) is 6.79. The molecule has 0 heterocycles. The lowest BCUT2D eigenvalue weighted by Gasteiger charge is -2.39. The third kappa shape index (κ3) is 8.95. The minimum atomic E-state index is -1.37. The molecule has 1 unspecified atom stereocenters. The largest absolute Gasteiger partial charge is 0.294 e. The molecule has 0 aliphatic heterocycles. The Morgan fingerprint density at radius 3 is 2.28 bits per heavy atom. The summed E-state index contributed by atoms with van der Waals surface area (Å²) < 4.78 is 11.4. The van der Waals surface area contributed by atoms with Crippen molar-refractivity contribution in [3.8, 4) is 0 Å². The minimum Gasteiger partial charge on any atom is -0.294 e. The first kappa shape index (κ1) is 17.9. The summed E-state index contributed by atoms with van der Waals surface area (Å²) in [6.45, 7) is 11.5. The second kappa shape index (κ2) is 8.94. The van der Waals surface area contributed by atoms with Crippen molar-refractivity contribution in [3.05, 3.63) is 0 Å². The molecule has 0 N–H and O–H groups in total. The van der Waals surface area contributed by atoms with Crippen LogP contribution in [0.3, 0.4) is 0 Å². The lowest BCUT2D eigenvalue weighted by molar-refractivity contribution is 0.233. The maximum Gasteiger partial charge on any atom is 0.0765 e. The third-order valence-electron chi connectivity index (χ3n) is 2.51. The molecule has 0 radical (unpaired) electrons. The van der Waals surface area contributed by atoms with E-state index < -0.39 is 10.6 Å². The zero-order valence-corrected chi connectivity index (χ0v) is 14.0. The molecule has 0 rings (SSSR count). The number of hydrogen-bond donors (Lipinski definition) is 0. The summed E-state index contributed by atoms with van der Waals surface area (Å²) in [7, 11) is 0.375. The molecule has 3 nitrogen and oxygen atoms in total. The minimum absolute atomic E-state index is 0.219. The highest BCUT2D eigenvalue weighted by atomic mass is 32.3. The normalized spacial score (nSPS) is 18.2. The first-order chi connectivity index (χ1) is 8.29. The Morgan fingerprint density at radius 2 is 1.83 bits per heavy atom. The molecule has 0 aliphatic rings. The van der Waals surface area contributed by atoms with E-state index in [9.17, 15) is 0 Å².